The second-order valence-electron chi connectivity index (χ2n) is 4.51. The van der Waals surface area contributed by atoms with Crippen molar-refractivity contribution in [2.24, 2.45) is 0 Å². The maximum Gasteiger partial charge on any atom is 0.129 e. The third-order valence-electron chi connectivity index (χ3n) is 3.20. The SMILES string of the molecule is CCNC(c1cc(Br)ccc1OC)c1c(F)cccc1Br. The third kappa shape index (κ3) is 3.65. The number of nitrogens with one attached hydrogen (secondary N) is 1. The molecular weight excluding hydrogens is 401 g/mol. The molecule has 1 N–H and O–H groups in total. The average molecular weight is 417 g/mol. The van der Waals surface area contributed by atoms with Crippen molar-refractivity contribution in [3.63, 3.8) is 0 Å². The normalized spacial score (nSPS) is 12.2. The van der Waals surface area contributed by atoms with E-state index in [1.807, 2.05) is 31.2 Å². The van der Waals surface area contributed by atoms with E-state index in [9.17, 15) is 4.39 Å². The van der Waals surface area contributed by atoms with Crippen molar-refractivity contribution >= 4 is 31.9 Å². The fourth-order valence-corrected chi connectivity index (χ4v) is 3.24. The van der Waals surface area contributed by atoms with Crippen LogP contribution < -0.4 is 10.1 Å². The summed E-state index contributed by atoms with van der Waals surface area (Å²) in [7, 11) is 1.62. The maximum atomic E-state index is 14.3. The molecule has 0 aliphatic heterocycles. The minimum atomic E-state index is -0.293. The van der Waals surface area contributed by atoms with Crippen LogP contribution in [0.15, 0.2) is 45.3 Å². The first kappa shape index (κ1) is 16.5. The Balaban J connectivity index is 2.61. The van der Waals surface area contributed by atoms with E-state index >= 15 is 0 Å². The quantitative estimate of drug-likeness (QED) is 0.735. The van der Waals surface area contributed by atoms with E-state index < -0.39 is 0 Å². The molecule has 0 saturated heterocycles. The smallest absolute Gasteiger partial charge is 0.129 e. The highest BCUT2D eigenvalue weighted by Gasteiger charge is 2.23. The molecule has 0 amide bonds. The summed E-state index contributed by atoms with van der Waals surface area (Å²) in [5.74, 6) is 0.469. The van der Waals surface area contributed by atoms with Crippen molar-refractivity contribution in [1.29, 1.82) is 0 Å². The second kappa shape index (κ2) is 7.38. The van der Waals surface area contributed by atoms with Crippen molar-refractivity contribution in [1.82, 2.24) is 5.32 Å². The zero-order chi connectivity index (χ0) is 15.4. The average Bonchev–Trinajstić information content (AvgIpc) is 2.46. The van der Waals surface area contributed by atoms with Crippen LogP contribution in [-0.2, 0) is 0 Å². The van der Waals surface area contributed by atoms with Gasteiger partial charge in [0.1, 0.15) is 11.6 Å². The molecule has 2 rings (SSSR count). The summed E-state index contributed by atoms with van der Waals surface area (Å²) >= 11 is 6.91. The molecule has 2 aromatic carbocycles. The zero-order valence-corrected chi connectivity index (χ0v) is 15.0. The molecule has 0 radical (unpaired) electrons. The first-order valence-electron chi connectivity index (χ1n) is 6.59. The van der Waals surface area contributed by atoms with Gasteiger partial charge in [-0.1, -0.05) is 44.8 Å². The molecule has 0 spiro atoms. The number of hydrogen-bond acceptors (Lipinski definition) is 2. The minimum Gasteiger partial charge on any atom is -0.496 e. The Morgan fingerprint density at radius 3 is 2.62 bits per heavy atom. The molecule has 21 heavy (non-hydrogen) atoms. The van der Waals surface area contributed by atoms with E-state index in [0.29, 0.717) is 12.1 Å². The van der Waals surface area contributed by atoms with Gasteiger partial charge in [-0.25, -0.2) is 4.39 Å². The van der Waals surface area contributed by atoms with Crippen LogP contribution in [0.5, 0.6) is 5.75 Å². The number of hydrogen-bond donors (Lipinski definition) is 1. The van der Waals surface area contributed by atoms with Crippen LogP contribution in [0.2, 0.25) is 0 Å². The first-order chi connectivity index (χ1) is 10.1. The standard InChI is InChI=1S/C16H16Br2FNO/c1-3-20-16(15-12(18)5-4-6-13(15)19)11-9-10(17)7-8-14(11)21-2/h4-9,16,20H,3H2,1-2H3. The second-order valence-corrected chi connectivity index (χ2v) is 6.28. The lowest BCUT2D eigenvalue weighted by molar-refractivity contribution is 0.403. The van der Waals surface area contributed by atoms with Gasteiger partial charge in [-0.05, 0) is 36.9 Å². The van der Waals surface area contributed by atoms with Gasteiger partial charge in [0.2, 0.25) is 0 Å². The molecule has 1 atom stereocenters. The Labute approximate surface area is 141 Å². The predicted molar refractivity (Wildman–Crippen MR) is 90.3 cm³/mol. The number of ether oxygens (including phenoxy) is 1. The molecule has 0 aliphatic rings. The summed E-state index contributed by atoms with van der Waals surface area (Å²) < 4.78 is 21.4. The van der Waals surface area contributed by atoms with E-state index in [0.717, 1.165) is 20.3 Å². The molecule has 0 fully saturated rings. The Kier molecular flexibility index (Phi) is 5.79. The van der Waals surface area contributed by atoms with E-state index in [4.69, 9.17) is 4.74 Å². The van der Waals surface area contributed by atoms with Gasteiger partial charge >= 0.3 is 0 Å². The lowest BCUT2D eigenvalue weighted by Crippen LogP contribution is -2.24. The van der Waals surface area contributed by atoms with Crippen LogP contribution >= 0.6 is 31.9 Å². The largest absolute Gasteiger partial charge is 0.496 e. The van der Waals surface area contributed by atoms with Crippen molar-refractivity contribution in [3.8, 4) is 5.75 Å². The summed E-state index contributed by atoms with van der Waals surface area (Å²) in [5, 5.41) is 3.33. The van der Waals surface area contributed by atoms with Gasteiger partial charge in [0.15, 0.2) is 0 Å². The Bertz CT molecular complexity index is 613. The highest BCUT2D eigenvalue weighted by Crippen LogP contribution is 2.36. The Hall–Kier alpha value is -0.910. The molecule has 112 valence electrons. The van der Waals surface area contributed by atoms with Crippen LogP contribution in [0.1, 0.15) is 24.1 Å². The van der Waals surface area contributed by atoms with Crippen molar-refractivity contribution in [2.75, 3.05) is 13.7 Å². The Morgan fingerprint density at radius 2 is 2.00 bits per heavy atom. The van der Waals surface area contributed by atoms with Crippen molar-refractivity contribution in [2.45, 2.75) is 13.0 Å². The van der Waals surface area contributed by atoms with Crippen LogP contribution in [-0.4, -0.2) is 13.7 Å². The lowest BCUT2D eigenvalue weighted by atomic mass is 9.97. The topological polar surface area (TPSA) is 21.3 Å². The van der Waals surface area contributed by atoms with E-state index in [2.05, 4.69) is 37.2 Å². The monoisotopic (exact) mass is 415 g/mol. The molecule has 0 heterocycles. The van der Waals surface area contributed by atoms with Crippen LogP contribution in [0.25, 0.3) is 0 Å². The van der Waals surface area contributed by atoms with E-state index in [-0.39, 0.29) is 11.9 Å². The molecule has 1 unspecified atom stereocenters. The molecule has 0 saturated carbocycles. The number of benzene rings is 2. The molecule has 0 aliphatic carbocycles. The molecule has 2 aromatic rings. The van der Waals surface area contributed by atoms with Crippen LogP contribution in [0, 0.1) is 5.82 Å². The number of rotatable bonds is 5. The zero-order valence-electron chi connectivity index (χ0n) is 11.8. The molecule has 2 nitrogen and oxygen atoms in total. The van der Waals surface area contributed by atoms with Gasteiger partial charge in [-0.2, -0.15) is 0 Å². The van der Waals surface area contributed by atoms with E-state index in [1.54, 1.807) is 13.2 Å². The number of methoxy groups -OCH3 is 1. The predicted octanol–water partition coefficient (Wildman–Crippen LogP) is 5.06. The van der Waals surface area contributed by atoms with Crippen molar-refractivity contribution in [3.05, 3.63) is 62.3 Å². The fraction of sp³-hybridized carbons (Fsp3) is 0.250. The molecular formula is C16H16Br2FNO. The summed E-state index contributed by atoms with van der Waals surface area (Å²) in [6, 6.07) is 10.4. The fourth-order valence-electron chi connectivity index (χ4n) is 2.29. The van der Waals surface area contributed by atoms with Gasteiger partial charge in [-0.3, -0.25) is 0 Å². The third-order valence-corrected chi connectivity index (χ3v) is 4.38. The van der Waals surface area contributed by atoms with Gasteiger partial charge in [0.25, 0.3) is 0 Å². The van der Waals surface area contributed by atoms with Gasteiger partial charge in [0.05, 0.1) is 13.2 Å². The first-order valence-corrected chi connectivity index (χ1v) is 8.17. The number of halogens is 3. The van der Waals surface area contributed by atoms with Gasteiger partial charge in [0, 0.05) is 20.1 Å². The summed E-state index contributed by atoms with van der Waals surface area (Å²) in [5.41, 5.74) is 1.47. The summed E-state index contributed by atoms with van der Waals surface area (Å²) in [4.78, 5) is 0. The van der Waals surface area contributed by atoms with E-state index in [1.165, 1.54) is 6.07 Å². The summed E-state index contributed by atoms with van der Waals surface area (Å²) in [6.07, 6.45) is 0. The van der Waals surface area contributed by atoms with Crippen LogP contribution in [0.4, 0.5) is 4.39 Å². The highest BCUT2D eigenvalue weighted by molar-refractivity contribution is 9.10. The van der Waals surface area contributed by atoms with Gasteiger partial charge < -0.3 is 10.1 Å². The van der Waals surface area contributed by atoms with Gasteiger partial charge in [-0.15, -0.1) is 0 Å². The highest BCUT2D eigenvalue weighted by atomic mass is 79.9. The summed E-state index contributed by atoms with van der Waals surface area (Å²) in [6.45, 7) is 2.70. The van der Waals surface area contributed by atoms with Crippen molar-refractivity contribution < 1.29 is 9.13 Å². The molecule has 0 aromatic heterocycles. The minimum absolute atomic E-state index is 0.252. The Morgan fingerprint density at radius 1 is 1.24 bits per heavy atom. The lowest BCUT2D eigenvalue weighted by Gasteiger charge is -2.23. The molecule has 0 bridgehead atoms. The maximum absolute atomic E-state index is 14.3. The molecule has 5 heteroatoms. The van der Waals surface area contributed by atoms with Crippen LogP contribution in [0.3, 0.4) is 0 Å².